The minimum atomic E-state index is -0.358. The minimum absolute atomic E-state index is 0.251. The van der Waals surface area contributed by atoms with Crippen LogP contribution in [0.5, 0.6) is 5.75 Å². The maximum Gasteiger partial charge on any atom is 0.165 e. The second kappa shape index (κ2) is 5.77. The molecule has 0 saturated carbocycles. The third kappa shape index (κ3) is 3.75. The van der Waals surface area contributed by atoms with Gasteiger partial charge in [0.1, 0.15) is 0 Å². The first-order valence-corrected chi connectivity index (χ1v) is 5.23. The zero-order valence-corrected chi connectivity index (χ0v) is 10.2. The van der Waals surface area contributed by atoms with Crippen molar-refractivity contribution in [2.45, 2.75) is 6.54 Å². The summed E-state index contributed by atoms with van der Waals surface area (Å²) in [5.74, 6) is -0.107. The summed E-state index contributed by atoms with van der Waals surface area (Å²) in [4.78, 5) is 2.35. The number of rotatable bonds is 5. The Morgan fingerprint density at radius 3 is 2.75 bits per heavy atom. The molecule has 0 atom stereocenters. The lowest BCUT2D eigenvalue weighted by atomic mass is 10.2. The van der Waals surface area contributed by atoms with E-state index in [1.54, 1.807) is 6.07 Å². The SMILES string of the molecule is COc1ccc(CN(C)CC(N)=S)cc1F. The van der Waals surface area contributed by atoms with Crippen molar-refractivity contribution >= 4 is 17.2 Å². The van der Waals surface area contributed by atoms with Crippen molar-refractivity contribution in [2.24, 2.45) is 5.73 Å². The number of ether oxygens (including phenoxy) is 1. The summed E-state index contributed by atoms with van der Waals surface area (Å²) in [6, 6.07) is 4.88. The molecule has 0 saturated heterocycles. The van der Waals surface area contributed by atoms with Crippen molar-refractivity contribution in [1.29, 1.82) is 0 Å². The van der Waals surface area contributed by atoms with E-state index < -0.39 is 0 Å². The number of hydrogen-bond donors (Lipinski definition) is 1. The Balaban J connectivity index is 2.67. The van der Waals surface area contributed by atoms with E-state index in [2.05, 4.69) is 0 Å². The molecule has 16 heavy (non-hydrogen) atoms. The summed E-state index contributed by atoms with van der Waals surface area (Å²) in [6.07, 6.45) is 0. The van der Waals surface area contributed by atoms with Gasteiger partial charge in [0.05, 0.1) is 12.1 Å². The molecule has 5 heteroatoms. The second-order valence-electron chi connectivity index (χ2n) is 3.61. The van der Waals surface area contributed by atoms with E-state index in [9.17, 15) is 4.39 Å². The molecule has 1 aromatic carbocycles. The van der Waals surface area contributed by atoms with Gasteiger partial charge in [0.25, 0.3) is 0 Å². The molecule has 0 aromatic heterocycles. The number of benzene rings is 1. The third-order valence-electron chi connectivity index (χ3n) is 2.09. The van der Waals surface area contributed by atoms with Crippen LogP contribution in [0.1, 0.15) is 5.56 Å². The number of thiocarbonyl (C=S) groups is 1. The topological polar surface area (TPSA) is 38.5 Å². The summed E-state index contributed by atoms with van der Waals surface area (Å²) < 4.78 is 18.2. The average molecular weight is 242 g/mol. The van der Waals surface area contributed by atoms with Gasteiger partial charge in [0.2, 0.25) is 0 Å². The van der Waals surface area contributed by atoms with E-state index in [1.165, 1.54) is 13.2 Å². The van der Waals surface area contributed by atoms with Gasteiger partial charge in [-0.1, -0.05) is 18.3 Å². The van der Waals surface area contributed by atoms with E-state index >= 15 is 0 Å². The maximum absolute atomic E-state index is 13.4. The molecular weight excluding hydrogens is 227 g/mol. The van der Waals surface area contributed by atoms with Crippen molar-refractivity contribution < 1.29 is 9.13 Å². The smallest absolute Gasteiger partial charge is 0.165 e. The Morgan fingerprint density at radius 2 is 2.25 bits per heavy atom. The van der Waals surface area contributed by atoms with E-state index in [0.717, 1.165) is 5.56 Å². The molecule has 0 spiro atoms. The first-order chi connectivity index (χ1) is 7.52. The molecule has 1 aromatic rings. The second-order valence-corrected chi connectivity index (χ2v) is 4.13. The molecule has 2 N–H and O–H groups in total. The first kappa shape index (κ1) is 12.9. The van der Waals surface area contributed by atoms with Crippen molar-refractivity contribution in [2.75, 3.05) is 20.7 Å². The molecule has 0 fully saturated rings. The Labute approximate surface area is 100.0 Å². The number of halogens is 1. The van der Waals surface area contributed by atoms with Crippen LogP contribution in [0.2, 0.25) is 0 Å². The minimum Gasteiger partial charge on any atom is -0.494 e. The number of methoxy groups -OCH3 is 1. The lowest BCUT2D eigenvalue weighted by molar-refractivity contribution is 0.368. The summed E-state index contributed by atoms with van der Waals surface area (Å²) in [5.41, 5.74) is 6.28. The van der Waals surface area contributed by atoms with Crippen molar-refractivity contribution in [1.82, 2.24) is 4.90 Å². The highest BCUT2D eigenvalue weighted by molar-refractivity contribution is 7.80. The van der Waals surface area contributed by atoms with Gasteiger partial charge in [-0.3, -0.25) is 4.90 Å². The monoisotopic (exact) mass is 242 g/mol. The largest absolute Gasteiger partial charge is 0.494 e. The van der Waals surface area contributed by atoms with E-state index in [0.29, 0.717) is 18.1 Å². The third-order valence-corrected chi connectivity index (χ3v) is 2.22. The van der Waals surface area contributed by atoms with E-state index in [-0.39, 0.29) is 11.6 Å². The fourth-order valence-corrected chi connectivity index (χ4v) is 1.66. The number of hydrogen-bond acceptors (Lipinski definition) is 3. The van der Waals surface area contributed by atoms with E-state index in [4.69, 9.17) is 22.7 Å². The molecule has 0 heterocycles. The highest BCUT2D eigenvalue weighted by Crippen LogP contribution is 2.18. The molecule has 88 valence electrons. The number of nitrogens with zero attached hydrogens (tertiary/aromatic N) is 1. The van der Waals surface area contributed by atoms with Gasteiger partial charge in [-0.15, -0.1) is 0 Å². The van der Waals surface area contributed by atoms with Crippen molar-refractivity contribution in [3.8, 4) is 5.75 Å². The Kier molecular flexibility index (Phi) is 4.64. The summed E-state index contributed by atoms with van der Waals surface area (Å²) in [7, 11) is 3.32. The van der Waals surface area contributed by atoms with Gasteiger partial charge in [0, 0.05) is 13.1 Å². The fraction of sp³-hybridized carbons (Fsp3) is 0.364. The van der Waals surface area contributed by atoms with Crippen LogP contribution < -0.4 is 10.5 Å². The summed E-state index contributed by atoms with van der Waals surface area (Å²) in [5, 5.41) is 0. The summed E-state index contributed by atoms with van der Waals surface area (Å²) >= 11 is 4.80. The quantitative estimate of drug-likeness (QED) is 0.795. The lowest BCUT2D eigenvalue weighted by Gasteiger charge is -2.15. The van der Waals surface area contributed by atoms with Crippen LogP contribution in [0.15, 0.2) is 18.2 Å². The molecule has 0 aliphatic heterocycles. The van der Waals surface area contributed by atoms with Crippen LogP contribution in [0.3, 0.4) is 0 Å². The van der Waals surface area contributed by atoms with Gasteiger partial charge in [-0.05, 0) is 24.7 Å². The molecule has 0 aliphatic rings. The van der Waals surface area contributed by atoms with Crippen LogP contribution in [0.25, 0.3) is 0 Å². The van der Waals surface area contributed by atoms with Gasteiger partial charge in [-0.25, -0.2) is 4.39 Å². The van der Waals surface area contributed by atoms with Crippen LogP contribution in [-0.4, -0.2) is 30.6 Å². The molecular formula is C11H15FN2OS. The zero-order valence-electron chi connectivity index (χ0n) is 9.37. The normalized spacial score (nSPS) is 10.5. The van der Waals surface area contributed by atoms with Crippen LogP contribution in [-0.2, 0) is 6.54 Å². The van der Waals surface area contributed by atoms with Gasteiger partial charge < -0.3 is 10.5 Å². The Bertz CT molecular complexity index is 384. The van der Waals surface area contributed by atoms with Gasteiger partial charge >= 0.3 is 0 Å². The predicted molar refractivity (Wildman–Crippen MR) is 66.1 cm³/mol. The maximum atomic E-state index is 13.4. The zero-order chi connectivity index (χ0) is 12.1. The van der Waals surface area contributed by atoms with Crippen LogP contribution in [0.4, 0.5) is 4.39 Å². The first-order valence-electron chi connectivity index (χ1n) is 4.82. The number of likely N-dealkylation sites (N-methyl/N-ethyl adjacent to an activating group) is 1. The molecule has 1 rings (SSSR count). The number of nitrogens with two attached hydrogens (primary N) is 1. The molecule has 0 bridgehead atoms. The van der Waals surface area contributed by atoms with Crippen molar-refractivity contribution in [3.63, 3.8) is 0 Å². The summed E-state index contributed by atoms with van der Waals surface area (Å²) in [6.45, 7) is 1.11. The van der Waals surface area contributed by atoms with Crippen molar-refractivity contribution in [3.05, 3.63) is 29.6 Å². The molecule has 0 aliphatic carbocycles. The highest BCUT2D eigenvalue weighted by atomic mass is 32.1. The fourth-order valence-electron chi connectivity index (χ4n) is 1.44. The van der Waals surface area contributed by atoms with Crippen LogP contribution in [0, 0.1) is 5.82 Å². The standard InChI is InChI=1S/C11H15FN2OS/c1-14(7-11(13)16)6-8-3-4-10(15-2)9(12)5-8/h3-5H,6-7H2,1-2H3,(H2,13,16). The Hall–Kier alpha value is -1.20. The molecule has 0 radical (unpaired) electrons. The average Bonchev–Trinajstić information content (AvgIpc) is 2.16. The van der Waals surface area contributed by atoms with Gasteiger partial charge in [-0.2, -0.15) is 0 Å². The predicted octanol–water partition coefficient (Wildman–Crippen LogP) is 1.55. The van der Waals surface area contributed by atoms with Crippen LogP contribution >= 0.6 is 12.2 Å². The van der Waals surface area contributed by atoms with Gasteiger partial charge in [0.15, 0.2) is 11.6 Å². The van der Waals surface area contributed by atoms with E-state index in [1.807, 2.05) is 18.0 Å². The molecule has 3 nitrogen and oxygen atoms in total. The lowest BCUT2D eigenvalue weighted by Crippen LogP contribution is -2.28. The highest BCUT2D eigenvalue weighted by Gasteiger charge is 2.06. The molecule has 0 amide bonds. The Morgan fingerprint density at radius 1 is 1.56 bits per heavy atom. The molecule has 0 unspecified atom stereocenters.